The van der Waals surface area contributed by atoms with Crippen LogP contribution >= 0.6 is 0 Å². The van der Waals surface area contributed by atoms with Gasteiger partial charge in [-0.1, -0.05) is 19.8 Å². The van der Waals surface area contributed by atoms with E-state index in [2.05, 4.69) is 6.92 Å². The van der Waals surface area contributed by atoms with Gasteiger partial charge >= 0.3 is 5.97 Å². The van der Waals surface area contributed by atoms with Gasteiger partial charge in [0.25, 0.3) is 0 Å². The van der Waals surface area contributed by atoms with Crippen LogP contribution in [0.25, 0.3) is 0 Å². The van der Waals surface area contributed by atoms with E-state index in [1.165, 1.54) is 0 Å². The van der Waals surface area contributed by atoms with Crippen molar-refractivity contribution < 1.29 is 9.90 Å². The Morgan fingerprint density at radius 2 is 2.13 bits per heavy atom. The van der Waals surface area contributed by atoms with Crippen LogP contribution in [0, 0.1) is 0 Å². The molecule has 0 atom stereocenters. The fourth-order valence-electron chi connectivity index (χ4n) is 1.52. The molecule has 0 bridgehead atoms. The second-order valence-electron chi connectivity index (χ2n) is 3.68. The molecule has 3 N–H and O–H groups in total. The van der Waals surface area contributed by atoms with Gasteiger partial charge in [0.15, 0.2) is 0 Å². The number of carboxylic acids is 1. The molecule has 82 valence electrons. The molecule has 3 heteroatoms. The lowest BCUT2D eigenvalue weighted by atomic mass is 10.0. The summed E-state index contributed by atoms with van der Waals surface area (Å²) in [6, 6.07) is 4.89. The van der Waals surface area contributed by atoms with Gasteiger partial charge in [0.1, 0.15) is 0 Å². The number of anilines is 1. The number of hydrogen-bond acceptors (Lipinski definition) is 2. The Kier molecular flexibility index (Phi) is 4.16. The molecule has 1 aromatic rings. The molecule has 0 radical (unpaired) electrons. The first-order chi connectivity index (χ1) is 7.15. The van der Waals surface area contributed by atoms with Gasteiger partial charge in [0.2, 0.25) is 0 Å². The Bertz CT molecular complexity index is 347. The standard InChI is InChI=1S/C12H17NO2/c1-2-3-4-5-9-8-10(12(14)15)6-7-11(9)13/h6-8H,2-5,13H2,1H3,(H,14,15). The molecule has 1 aromatic carbocycles. The van der Waals surface area contributed by atoms with E-state index in [1.54, 1.807) is 18.2 Å². The average molecular weight is 207 g/mol. The van der Waals surface area contributed by atoms with Crippen molar-refractivity contribution in [3.8, 4) is 0 Å². The molecule has 0 saturated heterocycles. The van der Waals surface area contributed by atoms with Gasteiger partial charge in [-0.25, -0.2) is 4.79 Å². The molecule has 0 fully saturated rings. The zero-order valence-corrected chi connectivity index (χ0v) is 8.99. The molecule has 0 heterocycles. The molecule has 15 heavy (non-hydrogen) atoms. The first kappa shape index (κ1) is 11.6. The Morgan fingerprint density at radius 3 is 2.73 bits per heavy atom. The number of unbranched alkanes of at least 4 members (excludes halogenated alkanes) is 2. The van der Waals surface area contributed by atoms with Crippen molar-refractivity contribution in [2.75, 3.05) is 5.73 Å². The lowest BCUT2D eigenvalue weighted by Gasteiger charge is -2.06. The molecule has 0 aliphatic carbocycles. The minimum Gasteiger partial charge on any atom is -0.478 e. The van der Waals surface area contributed by atoms with Crippen molar-refractivity contribution in [3.05, 3.63) is 29.3 Å². The highest BCUT2D eigenvalue weighted by atomic mass is 16.4. The SMILES string of the molecule is CCCCCc1cc(C(=O)O)ccc1N. The summed E-state index contributed by atoms with van der Waals surface area (Å²) in [7, 11) is 0. The number of nitrogens with two attached hydrogens (primary N) is 1. The molecule has 0 amide bonds. The minimum absolute atomic E-state index is 0.315. The number of carboxylic acid groups (broad SMARTS) is 1. The third-order valence-electron chi connectivity index (χ3n) is 2.44. The van der Waals surface area contributed by atoms with Crippen LogP contribution in [0.4, 0.5) is 5.69 Å². The van der Waals surface area contributed by atoms with Gasteiger partial charge in [0.05, 0.1) is 5.56 Å². The Hall–Kier alpha value is -1.51. The van der Waals surface area contributed by atoms with E-state index >= 15 is 0 Å². The van der Waals surface area contributed by atoms with Gasteiger partial charge in [-0.05, 0) is 36.6 Å². The van der Waals surface area contributed by atoms with Crippen LogP contribution in [0.2, 0.25) is 0 Å². The summed E-state index contributed by atoms with van der Waals surface area (Å²) in [6.45, 7) is 2.14. The van der Waals surface area contributed by atoms with Crippen LogP contribution in [-0.2, 0) is 6.42 Å². The normalized spacial score (nSPS) is 10.2. The van der Waals surface area contributed by atoms with Crippen LogP contribution in [0.5, 0.6) is 0 Å². The predicted molar refractivity (Wildman–Crippen MR) is 61.0 cm³/mol. The van der Waals surface area contributed by atoms with Crippen molar-refractivity contribution in [2.24, 2.45) is 0 Å². The predicted octanol–water partition coefficient (Wildman–Crippen LogP) is 2.70. The molecular weight excluding hydrogens is 190 g/mol. The molecule has 0 aromatic heterocycles. The maximum Gasteiger partial charge on any atom is 0.335 e. The van der Waals surface area contributed by atoms with E-state index in [0.717, 1.165) is 31.2 Å². The summed E-state index contributed by atoms with van der Waals surface area (Å²) in [6.07, 6.45) is 4.22. The van der Waals surface area contributed by atoms with Gasteiger partial charge in [0, 0.05) is 5.69 Å². The number of carbonyl (C=O) groups is 1. The van der Waals surface area contributed by atoms with Gasteiger partial charge in [-0.2, -0.15) is 0 Å². The first-order valence-corrected chi connectivity index (χ1v) is 5.27. The zero-order chi connectivity index (χ0) is 11.3. The minimum atomic E-state index is -0.897. The highest BCUT2D eigenvalue weighted by molar-refractivity contribution is 5.88. The van der Waals surface area contributed by atoms with Crippen LogP contribution in [0.1, 0.15) is 42.1 Å². The second kappa shape index (κ2) is 5.39. The number of nitrogen functional groups attached to an aromatic ring is 1. The van der Waals surface area contributed by atoms with Crippen molar-refractivity contribution in [3.63, 3.8) is 0 Å². The highest BCUT2D eigenvalue weighted by Gasteiger charge is 2.06. The van der Waals surface area contributed by atoms with E-state index in [4.69, 9.17) is 10.8 Å². The summed E-state index contributed by atoms with van der Waals surface area (Å²) in [5.41, 5.74) is 7.73. The molecule has 1 rings (SSSR count). The molecule has 3 nitrogen and oxygen atoms in total. The summed E-state index contributed by atoms with van der Waals surface area (Å²) in [5.74, 6) is -0.897. The van der Waals surface area contributed by atoms with E-state index in [-0.39, 0.29) is 0 Å². The third kappa shape index (κ3) is 3.27. The third-order valence-corrected chi connectivity index (χ3v) is 2.44. The van der Waals surface area contributed by atoms with Crippen LogP contribution < -0.4 is 5.73 Å². The molecule has 0 saturated carbocycles. The van der Waals surface area contributed by atoms with Crippen LogP contribution in [0.15, 0.2) is 18.2 Å². The molecular formula is C12H17NO2. The quantitative estimate of drug-likeness (QED) is 0.576. The van der Waals surface area contributed by atoms with Gasteiger partial charge < -0.3 is 10.8 Å². The lowest BCUT2D eigenvalue weighted by Crippen LogP contribution is -2.01. The second-order valence-corrected chi connectivity index (χ2v) is 3.68. The Balaban J connectivity index is 2.76. The fourth-order valence-corrected chi connectivity index (χ4v) is 1.52. The summed E-state index contributed by atoms with van der Waals surface area (Å²) in [5, 5.41) is 8.83. The van der Waals surface area contributed by atoms with Crippen molar-refractivity contribution in [1.29, 1.82) is 0 Å². The summed E-state index contributed by atoms with van der Waals surface area (Å²) in [4.78, 5) is 10.8. The molecule has 0 spiro atoms. The molecule has 0 aliphatic heterocycles. The molecule has 0 aliphatic rings. The first-order valence-electron chi connectivity index (χ1n) is 5.27. The van der Waals surface area contributed by atoms with Crippen molar-refractivity contribution in [2.45, 2.75) is 32.6 Å². The van der Waals surface area contributed by atoms with Crippen LogP contribution in [0.3, 0.4) is 0 Å². The molecule has 0 unspecified atom stereocenters. The number of rotatable bonds is 5. The van der Waals surface area contributed by atoms with Crippen LogP contribution in [-0.4, -0.2) is 11.1 Å². The Morgan fingerprint density at radius 1 is 1.40 bits per heavy atom. The average Bonchev–Trinajstić information content (AvgIpc) is 2.20. The largest absolute Gasteiger partial charge is 0.478 e. The summed E-state index contributed by atoms with van der Waals surface area (Å²) >= 11 is 0. The maximum atomic E-state index is 10.8. The van der Waals surface area contributed by atoms with Crippen molar-refractivity contribution in [1.82, 2.24) is 0 Å². The lowest BCUT2D eigenvalue weighted by molar-refractivity contribution is 0.0697. The van der Waals surface area contributed by atoms with E-state index in [9.17, 15) is 4.79 Å². The highest BCUT2D eigenvalue weighted by Crippen LogP contribution is 2.17. The zero-order valence-electron chi connectivity index (χ0n) is 8.99. The van der Waals surface area contributed by atoms with Gasteiger partial charge in [-0.3, -0.25) is 0 Å². The van der Waals surface area contributed by atoms with E-state index in [1.807, 2.05) is 0 Å². The topological polar surface area (TPSA) is 63.3 Å². The maximum absolute atomic E-state index is 10.8. The smallest absolute Gasteiger partial charge is 0.335 e. The van der Waals surface area contributed by atoms with Gasteiger partial charge in [-0.15, -0.1) is 0 Å². The number of aryl methyl sites for hydroxylation is 1. The van der Waals surface area contributed by atoms with Crippen molar-refractivity contribution >= 4 is 11.7 Å². The summed E-state index contributed by atoms with van der Waals surface area (Å²) < 4.78 is 0. The fraction of sp³-hybridized carbons (Fsp3) is 0.417. The van der Waals surface area contributed by atoms with E-state index in [0.29, 0.717) is 11.3 Å². The number of hydrogen-bond donors (Lipinski definition) is 2. The Labute approximate surface area is 89.9 Å². The number of aromatic carboxylic acids is 1. The monoisotopic (exact) mass is 207 g/mol. The van der Waals surface area contributed by atoms with E-state index < -0.39 is 5.97 Å². The number of benzene rings is 1.